The molecule has 1 aliphatic carbocycles. The van der Waals surface area contributed by atoms with Gasteiger partial charge in [-0.15, -0.1) is 0 Å². The minimum Gasteiger partial charge on any atom is -0.478 e. The van der Waals surface area contributed by atoms with Crippen LogP contribution in [0.2, 0.25) is 0 Å². The number of nitriles is 1. The van der Waals surface area contributed by atoms with Gasteiger partial charge in [-0.25, -0.2) is 13.9 Å². The highest BCUT2D eigenvalue weighted by Crippen LogP contribution is 2.44. The van der Waals surface area contributed by atoms with Crippen molar-refractivity contribution in [1.29, 1.82) is 5.26 Å². The molecule has 0 unspecified atom stereocenters. The molecule has 0 bridgehead atoms. The summed E-state index contributed by atoms with van der Waals surface area (Å²) >= 11 is 0. The minimum absolute atomic E-state index is 0.00729. The van der Waals surface area contributed by atoms with E-state index in [4.69, 9.17) is 20.3 Å². The molecular formula is C27H27FN6O3. The number of nitrogens with zero attached hydrogens (tertiary/aromatic N) is 5. The molecule has 2 aromatic heterocycles. The molecule has 1 fully saturated rings. The topological polar surface area (TPSA) is 121 Å². The van der Waals surface area contributed by atoms with E-state index in [0.29, 0.717) is 49.4 Å². The average Bonchev–Trinajstić information content (AvgIpc) is 3.45. The van der Waals surface area contributed by atoms with E-state index in [1.54, 1.807) is 16.9 Å². The van der Waals surface area contributed by atoms with Crippen molar-refractivity contribution >= 4 is 17.0 Å². The summed E-state index contributed by atoms with van der Waals surface area (Å²) < 4.78 is 29.8. The molecule has 1 saturated carbocycles. The van der Waals surface area contributed by atoms with Gasteiger partial charge in [0.15, 0.2) is 0 Å². The normalized spacial score (nSPS) is 17.5. The molecule has 0 aliphatic heterocycles. The van der Waals surface area contributed by atoms with Crippen LogP contribution >= 0.6 is 0 Å². The standard InChI is InChI=1S/C27H27FN6O3/c1-3-36-26-24(16-6-11-23-19(12-16)15-31-33(23)2)25(17-4-5-18(14-29)22(28)13-17)32-34(26)20-7-9-21(10-8-20)37-27(30)35/h4-6,11-13,15,20-21H,3,7-10H2,1-2H3,(H2,30,35). The second-order valence-electron chi connectivity index (χ2n) is 9.12. The molecule has 1 amide bonds. The Balaban J connectivity index is 1.65. The number of nitrogens with two attached hydrogens (primary N) is 1. The van der Waals surface area contributed by atoms with Gasteiger partial charge in [-0.2, -0.15) is 15.5 Å². The van der Waals surface area contributed by atoms with Crippen LogP contribution in [0.1, 0.15) is 44.2 Å². The fourth-order valence-electron chi connectivity index (χ4n) is 5.05. The summed E-state index contributed by atoms with van der Waals surface area (Å²) in [6.45, 7) is 2.32. The molecule has 2 aromatic carbocycles. The number of carbonyl (C=O) groups is 1. The van der Waals surface area contributed by atoms with Crippen LogP contribution in [-0.4, -0.2) is 38.4 Å². The Kier molecular flexibility index (Phi) is 6.53. The first-order valence-electron chi connectivity index (χ1n) is 12.2. The van der Waals surface area contributed by atoms with Crippen molar-refractivity contribution in [2.75, 3.05) is 6.61 Å². The zero-order valence-corrected chi connectivity index (χ0v) is 20.6. The number of halogens is 1. The zero-order valence-electron chi connectivity index (χ0n) is 20.6. The van der Waals surface area contributed by atoms with Crippen molar-refractivity contribution in [1.82, 2.24) is 19.6 Å². The van der Waals surface area contributed by atoms with Crippen LogP contribution in [0, 0.1) is 17.1 Å². The van der Waals surface area contributed by atoms with Crippen molar-refractivity contribution in [2.24, 2.45) is 12.8 Å². The van der Waals surface area contributed by atoms with Crippen LogP contribution in [0.5, 0.6) is 5.88 Å². The zero-order chi connectivity index (χ0) is 26.1. The highest BCUT2D eigenvalue weighted by atomic mass is 19.1. The molecule has 37 heavy (non-hydrogen) atoms. The van der Waals surface area contributed by atoms with Gasteiger partial charge in [0, 0.05) is 18.0 Å². The van der Waals surface area contributed by atoms with Crippen LogP contribution in [0.4, 0.5) is 9.18 Å². The van der Waals surface area contributed by atoms with Gasteiger partial charge < -0.3 is 15.2 Å². The van der Waals surface area contributed by atoms with Gasteiger partial charge in [0.05, 0.1) is 35.5 Å². The molecule has 0 atom stereocenters. The third-order valence-electron chi connectivity index (χ3n) is 6.82. The molecule has 2 heterocycles. The highest BCUT2D eigenvalue weighted by molar-refractivity contribution is 5.91. The van der Waals surface area contributed by atoms with E-state index in [1.165, 1.54) is 12.1 Å². The number of fused-ring (bicyclic) bond motifs is 1. The molecule has 10 heteroatoms. The van der Waals surface area contributed by atoms with Gasteiger partial charge in [0.1, 0.15) is 23.7 Å². The van der Waals surface area contributed by atoms with E-state index in [0.717, 1.165) is 22.0 Å². The Hall–Kier alpha value is -4.39. The smallest absolute Gasteiger partial charge is 0.404 e. The summed E-state index contributed by atoms with van der Waals surface area (Å²) in [6.07, 6.45) is 3.53. The fraction of sp³-hybridized carbons (Fsp3) is 0.333. The van der Waals surface area contributed by atoms with Gasteiger partial charge >= 0.3 is 6.09 Å². The summed E-state index contributed by atoms with van der Waals surface area (Å²) in [5, 5.41) is 19.5. The largest absolute Gasteiger partial charge is 0.478 e. The third kappa shape index (κ3) is 4.60. The van der Waals surface area contributed by atoms with Gasteiger partial charge in [0.2, 0.25) is 5.88 Å². The van der Waals surface area contributed by atoms with E-state index in [-0.39, 0.29) is 17.7 Å². The van der Waals surface area contributed by atoms with Crippen molar-refractivity contribution in [3.05, 3.63) is 54.0 Å². The second kappa shape index (κ2) is 9.93. The van der Waals surface area contributed by atoms with Gasteiger partial charge in [-0.3, -0.25) is 4.68 Å². The van der Waals surface area contributed by atoms with Crippen molar-refractivity contribution in [3.63, 3.8) is 0 Å². The maximum absolute atomic E-state index is 14.7. The lowest BCUT2D eigenvalue weighted by Crippen LogP contribution is -2.28. The van der Waals surface area contributed by atoms with Crippen LogP contribution < -0.4 is 10.5 Å². The van der Waals surface area contributed by atoms with E-state index >= 15 is 0 Å². The van der Waals surface area contributed by atoms with Crippen LogP contribution in [0.25, 0.3) is 33.3 Å². The number of primary amides is 1. The SMILES string of the molecule is CCOc1c(-c2ccc3c(cnn3C)c2)c(-c2ccc(C#N)c(F)c2)nn1C1CCC(OC(N)=O)CC1. The molecule has 4 aromatic rings. The molecule has 0 radical (unpaired) electrons. The molecule has 5 rings (SSSR count). The lowest BCUT2D eigenvalue weighted by molar-refractivity contribution is 0.0694. The van der Waals surface area contributed by atoms with E-state index in [1.807, 2.05) is 42.9 Å². The average molecular weight is 503 g/mol. The molecule has 1 aliphatic rings. The quantitative estimate of drug-likeness (QED) is 0.392. The number of aromatic nitrogens is 4. The van der Waals surface area contributed by atoms with Crippen molar-refractivity contribution in [3.8, 4) is 34.3 Å². The third-order valence-corrected chi connectivity index (χ3v) is 6.82. The first-order valence-corrected chi connectivity index (χ1v) is 12.2. The maximum atomic E-state index is 14.7. The Morgan fingerprint density at radius 3 is 2.62 bits per heavy atom. The number of hydrogen-bond acceptors (Lipinski definition) is 6. The van der Waals surface area contributed by atoms with Crippen molar-refractivity contribution < 1.29 is 18.7 Å². The summed E-state index contributed by atoms with van der Waals surface area (Å²) in [5.41, 5.74) is 8.86. The molecule has 0 saturated heterocycles. The predicted molar refractivity (Wildman–Crippen MR) is 135 cm³/mol. The fourth-order valence-corrected chi connectivity index (χ4v) is 5.05. The Labute approximate surface area is 213 Å². The lowest BCUT2D eigenvalue weighted by Gasteiger charge is -2.28. The first kappa shape index (κ1) is 24.3. The Morgan fingerprint density at radius 1 is 1.19 bits per heavy atom. The number of carbonyl (C=O) groups excluding carboxylic acids is 1. The van der Waals surface area contributed by atoms with Gasteiger partial charge in [0.25, 0.3) is 0 Å². The first-order chi connectivity index (χ1) is 17.9. The molecule has 0 spiro atoms. The summed E-state index contributed by atoms with van der Waals surface area (Å²) in [6, 6.07) is 12.4. The minimum atomic E-state index is -0.768. The number of rotatable bonds is 6. The van der Waals surface area contributed by atoms with E-state index in [9.17, 15) is 14.4 Å². The summed E-state index contributed by atoms with van der Waals surface area (Å²) in [5.74, 6) is -0.0185. The summed E-state index contributed by atoms with van der Waals surface area (Å²) in [7, 11) is 1.88. The van der Waals surface area contributed by atoms with Gasteiger partial charge in [-0.1, -0.05) is 12.1 Å². The maximum Gasteiger partial charge on any atom is 0.404 e. The lowest BCUT2D eigenvalue weighted by atomic mass is 9.93. The summed E-state index contributed by atoms with van der Waals surface area (Å²) in [4.78, 5) is 11.2. The van der Waals surface area contributed by atoms with Gasteiger partial charge in [-0.05, 0) is 62.4 Å². The van der Waals surface area contributed by atoms with Crippen molar-refractivity contribution in [2.45, 2.75) is 44.8 Å². The molecule has 190 valence electrons. The highest BCUT2D eigenvalue weighted by Gasteiger charge is 2.31. The molecular weight excluding hydrogens is 475 g/mol. The van der Waals surface area contributed by atoms with E-state index in [2.05, 4.69) is 5.10 Å². The Morgan fingerprint density at radius 2 is 1.95 bits per heavy atom. The molecule has 9 nitrogen and oxygen atoms in total. The van der Waals surface area contributed by atoms with Crippen LogP contribution in [0.15, 0.2) is 42.6 Å². The van der Waals surface area contributed by atoms with Crippen LogP contribution in [0.3, 0.4) is 0 Å². The number of ether oxygens (including phenoxy) is 2. The molecule has 2 N–H and O–H groups in total. The number of hydrogen-bond donors (Lipinski definition) is 1. The number of aryl methyl sites for hydroxylation is 1. The van der Waals surface area contributed by atoms with E-state index < -0.39 is 11.9 Å². The number of benzene rings is 2. The Bertz CT molecular complexity index is 1510. The van der Waals surface area contributed by atoms with Crippen LogP contribution in [-0.2, 0) is 11.8 Å². The second-order valence-corrected chi connectivity index (χ2v) is 9.12. The predicted octanol–water partition coefficient (Wildman–Crippen LogP) is 5.09. The number of amides is 1. The monoisotopic (exact) mass is 502 g/mol.